The molecule has 0 unspecified atom stereocenters. The van der Waals surface area contributed by atoms with Gasteiger partial charge >= 0.3 is 0 Å². The Morgan fingerprint density at radius 3 is 2.53 bits per heavy atom. The summed E-state index contributed by atoms with van der Waals surface area (Å²) < 4.78 is 0. The molecule has 0 saturated heterocycles. The Hall–Kier alpha value is -1.61. The molecule has 1 aromatic carbocycles. The minimum absolute atomic E-state index is 0.0865. The van der Waals surface area contributed by atoms with E-state index in [2.05, 4.69) is 31.3 Å². The molecule has 2 nitrogen and oxygen atoms in total. The minimum atomic E-state index is -0.226. The van der Waals surface area contributed by atoms with Crippen LogP contribution in [0.3, 0.4) is 0 Å². The number of hydrogen-bond acceptors (Lipinski definition) is 2. The lowest BCUT2D eigenvalue weighted by molar-refractivity contribution is -0.121. The number of benzene rings is 1. The summed E-state index contributed by atoms with van der Waals surface area (Å²) in [6.45, 7) is 4.12. The number of carbonyl (C=O) groups excluding carboxylic acids is 1. The molecule has 1 amide bonds. The Morgan fingerprint density at radius 2 is 1.89 bits per heavy atom. The van der Waals surface area contributed by atoms with Crippen LogP contribution in [0.4, 0.5) is 0 Å². The van der Waals surface area contributed by atoms with Crippen LogP contribution in [0, 0.1) is 0 Å². The molecular weight excluding hydrogens is 254 g/mol. The molecule has 0 bridgehead atoms. The summed E-state index contributed by atoms with van der Waals surface area (Å²) >= 11 is 1.62. The third kappa shape index (κ3) is 4.52. The van der Waals surface area contributed by atoms with Gasteiger partial charge in [-0.15, -0.1) is 11.3 Å². The van der Waals surface area contributed by atoms with Crippen molar-refractivity contribution >= 4 is 17.2 Å². The summed E-state index contributed by atoms with van der Waals surface area (Å²) in [7, 11) is 0. The molecule has 0 fully saturated rings. The highest BCUT2D eigenvalue weighted by Gasteiger charge is 2.21. The molecule has 0 aliphatic rings. The van der Waals surface area contributed by atoms with E-state index in [0.717, 1.165) is 11.3 Å². The SMILES string of the molecule is CC(C)(Cc1ccccc1)NC(=O)Cc1cccs1. The second-order valence-electron chi connectivity index (χ2n) is 5.35. The van der Waals surface area contributed by atoms with Gasteiger partial charge in [-0.25, -0.2) is 0 Å². The van der Waals surface area contributed by atoms with Crippen LogP contribution in [0.15, 0.2) is 47.8 Å². The fourth-order valence-electron chi connectivity index (χ4n) is 2.14. The average molecular weight is 273 g/mol. The van der Waals surface area contributed by atoms with Crippen molar-refractivity contribution in [3.05, 3.63) is 58.3 Å². The summed E-state index contributed by atoms with van der Waals surface area (Å²) in [5.74, 6) is 0.0865. The molecule has 0 aliphatic carbocycles. The normalized spacial score (nSPS) is 11.3. The quantitative estimate of drug-likeness (QED) is 0.888. The highest BCUT2D eigenvalue weighted by molar-refractivity contribution is 7.10. The third-order valence-corrected chi connectivity index (χ3v) is 3.76. The zero-order valence-electron chi connectivity index (χ0n) is 11.3. The molecule has 1 heterocycles. The Kier molecular flexibility index (Phi) is 4.38. The fraction of sp³-hybridized carbons (Fsp3) is 0.312. The van der Waals surface area contributed by atoms with Crippen molar-refractivity contribution in [2.24, 2.45) is 0 Å². The van der Waals surface area contributed by atoms with Gasteiger partial charge in [0.25, 0.3) is 0 Å². The van der Waals surface area contributed by atoms with E-state index in [1.165, 1.54) is 5.56 Å². The van der Waals surface area contributed by atoms with Crippen molar-refractivity contribution in [1.29, 1.82) is 0 Å². The second kappa shape index (κ2) is 6.02. The molecule has 19 heavy (non-hydrogen) atoms. The maximum atomic E-state index is 12.0. The lowest BCUT2D eigenvalue weighted by atomic mass is 9.95. The van der Waals surface area contributed by atoms with E-state index in [1.54, 1.807) is 11.3 Å². The summed E-state index contributed by atoms with van der Waals surface area (Å²) in [5, 5.41) is 5.11. The molecule has 2 rings (SSSR count). The van der Waals surface area contributed by atoms with E-state index in [1.807, 2.05) is 35.7 Å². The zero-order valence-corrected chi connectivity index (χ0v) is 12.2. The number of rotatable bonds is 5. The summed E-state index contributed by atoms with van der Waals surface area (Å²) in [6, 6.07) is 14.2. The van der Waals surface area contributed by atoms with Crippen LogP contribution >= 0.6 is 11.3 Å². The van der Waals surface area contributed by atoms with Crippen LogP contribution in [0.2, 0.25) is 0 Å². The van der Waals surface area contributed by atoms with Crippen molar-refractivity contribution in [2.45, 2.75) is 32.2 Å². The lowest BCUT2D eigenvalue weighted by Gasteiger charge is -2.26. The van der Waals surface area contributed by atoms with Gasteiger partial charge in [-0.2, -0.15) is 0 Å². The fourth-order valence-corrected chi connectivity index (χ4v) is 2.85. The van der Waals surface area contributed by atoms with Crippen LogP contribution in [-0.4, -0.2) is 11.4 Å². The van der Waals surface area contributed by atoms with Crippen molar-refractivity contribution in [1.82, 2.24) is 5.32 Å². The number of nitrogens with one attached hydrogen (secondary N) is 1. The highest BCUT2D eigenvalue weighted by atomic mass is 32.1. The molecule has 1 aromatic heterocycles. The topological polar surface area (TPSA) is 29.1 Å². The first-order valence-electron chi connectivity index (χ1n) is 6.42. The van der Waals surface area contributed by atoms with Crippen LogP contribution in [0.5, 0.6) is 0 Å². The predicted molar refractivity (Wildman–Crippen MR) is 80.4 cm³/mol. The highest BCUT2D eigenvalue weighted by Crippen LogP contribution is 2.14. The van der Waals surface area contributed by atoms with E-state index in [0.29, 0.717) is 6.42 Å². The lowest BCUT2D eigenvalue weighted by Crippen LogP contribution is -2.45. The monoisotopic (exact) mass is 273 g/mol. The second-order valence-corrected chi connectivity index (χ2v) is 6.38. The van der Waals surface area contributed by atoms with E-state index >= 15 is 0 Å². The Morgan fingerprint density at radius 1 is 1.16 bits per heavy atom. The molecule has 0 radical (unpaired) electrons. The van der Waals surface area contributed by atoms with Crippen LogP contribution in [-0.2, 0) is 17.6 Å². The van der Waals surface area contributed by atoms with Gasteiger partial charge in [0.2, 0.25) is 5.91 Å². The number of thiophene rings is 1. The number of hydrogen-bond donors (Lipinski definition) is 1. The van der Waals surface area contributed by atoms with E-state index in [4.69, 9.17) is 0 Å². The van der Waals surface area contributed by atoms with E-state index in [-0.39, 0.29) is 11.4 Å². The van der Waals surface area contributed by atoms with Crippen LogP contribution in [0.1, 0.15) is 24.3 Å². The maximum absolute atomic E-state index is 12.0. The Bertz CT molecular complexity index is 517. The molecular formula is C16H19NOS. The molecule has 3 heteroatoms. The summed E-state index contributed by atoms with van der Waals surface area (Å²) in [5.41, 5.74) is 1.01. The van der Waals surface area contributed by atoms with Gasteiger partial charge in [0.15, 0.2) is 0 Å². The van der Waals surface area contributed by atoms with Gasteiger partial charge in [-0.05, 0) is 37.3 Å². The van der Waals surface area contributed by atoms with Crippen LogP contribution < -0.4 is 5.32 Å². The van der Waals surface area contributed by atoms with Crippen LogP contribution in [0.25, 0.3) is 0 Å². The molecule has 0 aliphatic heterocycles. The van der Waals surface area contributed by atoms with Gasteiger partial charge in [0.1, 0.15) is 0 Å². The van der Waals surface area contributed by atoms with E-state index < -0.39 is 0 Å². The molecule has 0 spiro atoms. The first-order chi connectivity index (χ1) is 9.05. The van der Waals surface area contributed by atoms with Crippen molar-refractivity contribution in [3.8, 4) is 0 Å². The van der Waals surface area contributed by atoms with Gasteiger partial charge in [0, 0.05) is 10.4 Å². The van der Waals surface area contributed by atoms with Crippen molar-refractivity contribution in [2.75, 3.05) is 0 Å². The largest absolute Gasteiger partial charge is 0.351 e. The van der Waals surface area contributed by atoms with Gasteiger partial charge in [-0.1, -0.05) is 36.4 Å². The minimum Gasteiger partial charge on any atom is -0.351 e. The Balaban J connectivity index is 1.91. The van der Waals surface area contributed by atoms with Crippen molar-refractivity contribution < 1.29 is 4.79 Å². The number of amides is 1. The molecule has 1 N–H and O–H groups in total. The average Bonchev–Trinajstić information content (AvgIpc) is 2.81. The van der Waals surface area contributed by atoms with Crippen molar-refractivity contribution in [3.63, 3.8) is 0 Å². The summed E-state index contributed by atoms with van der Waals surface area (Å²) in [6.07, 6.45) is 1.31. The standard InChI is InChI=1S/C16H19NOS/c1-16(2,12-13-7-4-3-5-8-13)17-15(18)11-14-9-6-10-19-14/h3-10H,11-12H2,1-2H3,(H,17,18). The third-order valence-electron chi connectivity index (χ3n) is 2.88. The first-order valence-corrected chi connectivity index (χ1v) is 7.30. The van der Waals surface area contributed by atoms with E-state index in [9.17, 15) is 4.79 Å². The molecule has 0 atom stereocenters. The Labute approximate surface area is 118 Å². The molecule has 100 valence electrons. The molecule has 0 saturated carbocycles. The molecule has 2 aromatic rings. The van der Waals surface area contributed by atoms with Gasteiger partial charge < -0.3 is 5.32 Å². The maximum Gasteiger partial charge on any atom is 0.225 e. The smallest absolute Gasteiger partial charge is 0.225 e. The zero-order chi connectivity index (χ0) is 13.7. The summed E-state index contributed by atoms with van der Waals surface area (Å²) in [4.78, 5) is 13.1. The first kappa shape index (κ1) is 13.8. The predicted octanol–water partition coefficient (Wildman–Crippen LogP) is 3.43. The van der Waals surface area contributed by atoms with Gasteiger partial charge in [-0.3, -0.25) is 4.79 Å². The van der Waals surface area contributed by atoms with Gasteiger partial charge in [0.05, 0.1) is 6.42 Å². The number of carbonyl (C=O) groups is 1.